The Balaban J connectivity index is 1.24. The van der Waals surface area contributed by atoms with Gasteiger partial charge in [0.05, 0.1) is 15.8 Å². The Labute approximate surface area is 258 Å². The molecule has 1 amide bonds. The van der Waals surface area contributed by atoms with Gasteiger partial charge in [-0.15, -0.1) is 0 Å². The number of benzene rings is 2. The molecule has 2 aromatic carbocycles. The molecular formula is C28H26F4N6O5S2. The van der Waals surface area contributed by atoms with Crippen LogP contribution in [-0.2, 0) is 21.4 Å². The number of hydrogen-bond donors (Lipinski definition) is 1. The van der Waals surface area contributed by atoms with E-state index in [0.717, 1.165) is 51.9 Å². The monoisotopic (exact) mass is 666 g/mol. The van der Waals surface area contributed by atoms with Crippen molar-refractivity contribution in [1.82, 2.24) is 24.6 Å². The summed E-state index contributed by atoms with van der Waals surface area (Å²) in [6.45, 7) is -5.97. The Morgan fingerprint density at radius 2 is 1.60 bits per heavy atom. The Bertz CT molecular complexity index is 1770. The molecule has 2 fully saturated rings. The van der Waals surface area contributed by atoms with Gasteiger partial charge in [0, 0.05) is 32.1 Å². The minimum absolute atomic E-state index is 0.0154. The van der Waals surface area contributed by atoms with Crippen LogP contribution in [0.4, 0.5) is 22.7 Å². The molecular weight excluding hydrogens is 640 g/mol. The fourth-order valence-corrected chi connectivity index (χ4v) is 7.36. The molecule has 1 aliphatic heterocycles. The first-order valence-electron chi connectivity index (χ1n) is 13.8. The summed E-state index contributed by atoms with van der Waals surface area (Å²) in [6.07, 6.45) is 3.79. The van der Waals surface area contributed by atoms with Crippen LogP contribution in [0.3, 0.4) is 0 Å². The molecule has 0 radical (unpaired) electrons. The maximum Gasteiger partial charge on any atom is 0.387 e. The number of anilines is 1. The maximum absolute atomic E-state index is 13.8. The average Bonchev–Trinajstić information content (AvgIpc) is 3.78. The molecule has 17 heteroatoms. The number of halogens is 4. The predicted octanol–water partition coefficient (Wildman–Crippen LogP) is 4.36. The summed E-state index contributed by atoms with van der Waals surface area (Å²) < 4.78 is 88.2. The van der Waals surface area contributed by atoms with Crippen molar-refractivity contribution in [3.63, 3.8) is 0 Å². The zero-order valence-corrected chi connectivity index (χ0v) is 25.0. The molecule has 45 heavy (non-hydrogen) atoms. The molecule has 1 saturated heterocycles. The van der Waals surface area contributed by atoms with Gasteiger partial charge in [-0.2, -0.15) is 26.9 Å². The van der Waals surface area contributed by atoms with Gasteiger partial charge in [-0.3, -0.25) is 4.79 Å². The van der Waals surface area contributed by atoms with E-state index >= 15 is 0 Å². The number of aromatic nitrogens is 3. The number of thiazole rings is 1. The SMILES string of the molecule is O=C(NCc1ccc(OC(F)F)cc1)[C@H]1CN(c2nc3nc(C4CC4)ncc3s2)CCN1S(=O)(=O)c1ccc(OC(F)F)cc1. The molecule has 0 unspecified atom stereocenters. The van der Waals surface area contributed by atoms with E-state index in [9.17, 15) is 30.8 Å². The zero-order valence-electron chi connectivity index (χ0n) is 23.4. The van der Waals surface area contributed by atoms with Crippen LogP contribution in [0.2, 0.25) is 0 Å². The molecule has 0 bridgehead atoms. The van der Waals surface area contributed by atoms with Crippen molar-refractivity contribution >= 4 is 42.7 Å². The Morgan fingerprint density at radius 3 is 2.22 bits per heavy atom. The highest BCUT2D eigenvalue weighted by Crippen LogP contribution is 2.39. The minimum Gasteiger partial charge on any atom is -0.435 e. The fourth-order valence-electron chi connectivity index (χ4n) is 4.88. The van der Waals surface area contributed by atoms with Crippen LogP contribution in [0.5, 0.6) is 11.5 Å². The van der Waals surface area contributed by atoms with Crippen LogP contribution in [0.1, 0.15) is 30.1 Å². The van der Waals surface area contributed by atoms with Crippen molar-refractivity contribution in [2.75, 3.05) is 24.5 Å². The number of nitrogens with one attached hydrogen (secondary N) is 1. The van der Waals surface area contributed by atoms with Crippen molar-refractivity contribution in [3.8, 4) is 11.5 Å². The number of carbonyl (C=O) groups excluding carboxylic acids is 1. The fraction of sp³-hybridized carbons (Fsp3) is 0.357. The normalized spacial score (nSPS) is 17.6. The van der Waals surface area contributed by atoms with E-state index in [1.807, 2.05) is 4.90 Å². The second-order valence-corrected chi connectivity index (χ2v) is 13.3. The second-order valence-electron chi connectivity index (χ2n) is 10.4. The summed E-state index contributed by atoms with van der Waals surface area (Å²) in [5, 5.41) is 3.30. The molecule has 6 rings (SSSR count). The molecule has 4 aromatic rings. The summed E-state index contributed by atoms with van der Waals surface area (Å²) in [6, 6.07) is 8.97. The minimum atomic E-state index is -4.26. The molecule has 2 aliphatic rings. The van der Waals surface area contributed by atoms with Crippen molar-refractivity contribution in [1.29, 1.82) is 0 Å². The van der Waals surface area contributed by atoms with Gasteiger partial charge in [0.1, 0.15) is 23.4 Å². The first kappa shape index (κ1) is 30.9. The lowest BCUT2D eigenvalue weighted by molar-refractivity contribution is -0.125. The van der Waals surface area contributed by atoms with E-state index in [-0.39, 0.29) is 42.6 Å². The number of nitrogens with zero attached hydrogens (tertiary/aromatic N) is 5. The van der Waals surface area contributed by atoms with Gasteiger partial charge < -0.3 is 19.7 Å². The molecule has 238 valence electrons. The Kier molecular flexibility index (Phi) is 8.74. The van der Waals surface area contributed by atoms with E-state index in [0.29, 0.717) is 22.3 Å². The van der Waals surface area contributed by atoms with Crippen LogP contribution >= 0.6 is 11.3 Å². The number of carbonyl (C=O) groups is 1. The van der Waals surface area contributed by atoms with E-state index in [1.165, 1.54) is 35.6 Å². The number of alkyl halides is 4. The summed E-state index contributed by atoms with van der Waals surface area (Å²) >= 11 is 1.34. The lowest BCUT2D eigenvalue weighted by atomic mass is 10.1. The quantitative estimate of drug-likeness (QED) is 0.233. The molecule has 1 atom stereocenters. The smallest absolute Gasteiger partial charge is 0.387 e. The summed E-state index contributed by atoms with van der Waals surface area (Å²) in [5.41, 5.74) is 1.10. The van der Waals surface area contributed by atoms with Gasteiger partial charge in [-0.1, -0.05) is 23.5 Å². The van der Waals surface area contributed by atoms with Gasteiger partial charge in [-0.25, -0.2) is 18.4 Å². The second kappa shape index (κ2) is 12.7. The van der Waals surface area contributed by atoms with Crippen molar-refractivity contribution < 1.29 is 40.2 Å². The third kappa shape index (κ3) is 7.10. The van der Waals surface area contributed by atoms with Crippen LogP contribution in [0, 0.1) is 0 Å². The lowest BCUT2D eigenvalue weighted by Crippen LogP contribution is -2.60. The third-order valence-electron chi connectivity index (χ3n) is 7.28. The first-order valence-corrected chi connectivity index (χ1v) is 16.1. The number of sulfonamides is 1. The standard InChI is InChI=1S/C28H26F4N6O5S2/c29-26(30)42-18-5-1-16(2-6-18)13-34-25(39)21-15-37(28-36-24-22(44-28)14-33-23(35-24)17-3-4-17)11-12-38(21)45(40,41)20-9-7-19(8-10-20)43-27(31)32/h1-2,5-10,14,17,21,26-27H,3-4,11-13,15H2,(H,34,39)/t21-/m1/s1. The van der Waals surface area contributed by atoms with Gasteiger partial charge in [0.2, 0.25) is 15.9 Å². The van der Waals surface area contributed by atoms with E-state index in [2.05, 4.69) is 29.7 Å². The largest absolute Gasteiger partial charge is 0.435 e. The molecule has 3 heterocycles. The average molecular weight is 667 g/mol. The highest BCUT2D eigenvalue weighted by molar-refractivity contribution is 7.89. The lowest BCUT2D eigenvalue weighted by Gasteiger charge is -2.39. The van der Waals surface area contributed by atoms with Crippen LogP contribution in [0.15, 0.2) is 59.6 Å². The number of ether oxygens (including phenoxy) is 2. The summed E-state index contributed by atoms with van der Waals surface area (Å²) in [7, 11) is -4.26. The first-order chi connectivity index (χ1) is 21.6. The van der Waals surface area contributed by atoms with Crippen LogP contribution in [0.25, 0.3) is 10.3 Å². The molecule has 2 aromatic heterocycles. The molecule has 1 aliphatic carbocycles. The number of hydrogen-bond acceptors (Lipinski definition) is 10. The summed E-state index contributed by atoms with van der Waals surface area (Å²) in [4.78, 5) is 28.9. The molecule has 0 spiro atoms. The van der Waals surface area contributed by atoms with Gasteiger partial charge in [0.25, 0.3) is 0 Å². The van der Waals surface area contributed by atoms with E-state index in [4.69, 9.17) is 0 Å². The van der Waals surface area contributed by atoms with Crippen molar-refractivity contribution in [2.45, 2.75) is 49.5 Å². The Morgan fingerprint density at radius 1 is 0.956 bits per heavy atom. The number of piperazine rings is 1. The number of amides is 1. The summed E-state index contributed by atoms with van der Waals surface area (Å²) in [5.74, 6) is 0.217. The molecule has 1 N–H and O–H groups in total. The van der Waals surface area contributed by atoms with Gasteiger partial charge >= 0.3 is 13.2 Å². The number of fused-ring (bicyclic) bond motifs is 1. The topological polar surface area (TPSA) is 127 Å². The van der Waals surface area contributed by atoms with Gasteiger partial charge in [0.15, 0.2) is 10.8 Å². The van der Waals surface area contributed by atoms with E-state index < -0.39 is 35.2 Å². The van der Waals surface area contributed by atoms with Gasteiger partial charge in [-0.05, 0) is 54.8 Å². The van der Waals surface area contributed by atoms with Crippen LogP contribution < -0.4 is 19.7 Å². The maximum atomic E-state index is 13.8. The zero-order chi connectivity index (χ0) is 31.7. The number of rotatable bonds is 11. The Hall–Kier alpha value is -4.09. The van der Waals surface area contributed by atoms with Crippen molar-refractivity contribution in [2.24, 2.45) is 0 Å². The van der Waals surface area contributed by atoms with Crippen molar-refractivity contribution in [3.05, 3.63) is 66.1 Å². The molecule has 1 saturated carbocycles. The van der Waals surface area contributed by atoms with E-state index in [1.54, 1.807) is 6.20 Å². The highest BCUT2D eigenvalue weighted by Gasteiger charge is 2.41. The highest BCUT2D eigenvalue weighted by atomic mass is 32.2. The predicted molar refractivity (Wildman–Crippen MR) is 155 cm³/mol. The third-order valence-corrected chi connectivity index (χ3v) is 10.2. The van der Waals surface area contributed by atoms with Crippen LogP contribution in [-0.4, -0.2) is 72.5 Å². The molecule has 11 nitrogen and oxygen atoms in total.